The first-order chi connectivity index (χ1) is 21.6. The maximum absolute atomic E-state index is 6.44. The van der Waals surface area contributed by atoms with Gasteiger partial charge in [0.2, 0.25) is 0 Å². The molecule has 0 fully saturated rings. The molecule has 2 heteroatoms. The Morgan fingerprint density at radius 2 is 1.07 bits per heavy atom. The highest BCUT2D eigenvalue weighted by atomic mass is 32.2. The van der Waals surface area contributed by atoms with Gasteiger partial charge in [-0.25, -0.2) is 0 Å². The van der Waals surface area contributed by atoms with E-state index in [2.05, 4.69) is 141 Å². The third-order valence-electron chi connectivity index (χ3n) is 8.57. The van der Waals surface area contributed by atoms with Crippen molar-refractivity contribution in [2.45, 2.75) is 23.6 Å². The summed E-state index contributed by atoms with van der Waals surface area (Å²) in [5, 5.41) is 7.81. The summed E-state index contributed by atoms with van der Waals surface area (Å²) in [6, 6.07) is 45.9. The van der Waals surface area contributed by atoms with Crippen LogP contribution in [0, 0.1) is 6.92 Å². The lowest BCUT2D eigenvalue weighted by molar-refractivity contribution is 0.456. The highest BCUT2D eigenvalue weighted by Gasteiger charge is 2.22. The Hall–Kier alpha value is -5.05. The van der Waals surface area contributed by atoms with Crippen molar-refractivity contribution in [1.29, 1.82) is 0 Å². The third-order valence-corrected chi connectivity index (χ3v) is 9.67. The zero-order valence-electron chi connectivity index (χ0n) is 24.7. The Morgan fingerprint density at radius 3 is 1.73 bits per heavy atom. The molecular weight excluding hydrogens is 553 g/mol. The van der Waals surface area contributed by atoms with Crippen molar-refractivity contribution in [3.8, 4) is 33.8 Å². The van der Waals surface area contributed by atoms with Crippen molar-refractivity contribution >= 4 is 44.1 Å². The van der Waals surface area contributed by atoms with Gasteiger partial charge in [0, 0.05) is 5.56 Å². The number of para-hydroxylation sites is 2. The van der Waals surface area contributed by atoms with E-state index in [-0.39, 0.29) is 0 Å². The van der Waals surface area contributed by atoms with Crippen LogP contribution in [0.1, 0.15) is 12.5 Å². The third kappa shape index (κ3) is 4.59. The minimum absolute atomic E-state index is 0.924. The molecule has 7 aromatic carbocycles. The average molecular weight is 583 g/mol. The maximum Gasteiger partial charge on any atom is 0.149 e. The van der Waals surface area contributed by atoms with Gasteiger partial charge in [-0.05, 0) is 92.7 Å². The van der Waals surface area contributed by atoms with Crippen molar-refractivity contribution < 1.29 is 4.74 Å². The predicted octanol–water partition coefficient (Wildman–Crippen LogP) is 12.5. The number of rotatable bonds is 2. The highest BCUT2D eigenvalue weighted by Crippen LogP contribution is 2.51. The minimum Gasteiger partial charge on any atom is -0.454 e. The summed E-state index contributed by atoms with van der Waals surface area (Å²) in [6.07, 6.45) is 6.20. The number of fused-ring (bicyclic) bond motifs is 8. The maximum atomic E-state index is 6.44. The van der Waals surface area contributed by atoms with E-state index in [4.69, 9.17) is 4.74 Å². The Morgan fingerprint density at radius 1 is 0.500 bits per heavy atom. The zero-order valence-corrected chi connectivity index (χ0v) is 25.5. The van der Waals surface area contributed by atoms with Crippen LogP contribution < -0.4 is 4.74 Å². The van der Waals surface area contributed by atoms with Gasteiger partial charge in [-0.3, -0.25) is 0 Å². The summed E-state index contributed by atoms with van der Waals surface area (Å²) in [5.74, 6) is 1.87. The smallest absolute Gasteiger partial charge is 0.149 e. The molecule has 0 amide bonds. The molecule has 1 aliphatic heterocycles. The summed E-state index contributed by atoms with van der Waals surface area (Å²) in [4.78, 5) is 2.31. The molecule has 9 rings (SSSR count). The van der Waals surface area contributed by atoms with E-state index in [1.54, 1.807) is 11.8 Å². The molecule has 0 saturated carbocycles. The first-order valence-corrected chi connectivity index (χ1v) is 15.8. The second-order valence-electron chi connectivity index (χ2n) is 11.4. The first kappa shape index (κ1) is 26.6. The van der Waals surface area contributed by atoms with Crippen molar-refractivity contribution in [3.63, 3.8) is 0 Å². The minimum atomic E-state index is 0.924. The molecule has 1 aliphatic carbocycles. The van der Waals surface area contributed by atoms with Crippen molar-refractivity contribution in [1.82, 2.24) is 0 Å². The molecule has 2 aliphatic rings. The van der Waals surface area contributed by atoms with Crippen LogP contribution in [0.4, 0.5) is 0 Å². The molecular formula is C42H30OS. The highest BCUT2D eigenvalue weighted by molar-refractivity contribution is 7.99. The lowest BCUT2D eigenvalue weighted by Gasteiger charge is -2.22. The van der Waals surface area contributed by atoms with Crippen LogP contribution in [0.2, 0.25) is 0 Å². The molecule has 0 N–H and O–H groups in total. The molecule has 0 unspecified atom stereocenters. The Kier molecular flexibility index (Phi) is 6.58. The first-order valence-electron chi connectivity index (χ1n) is 15.0. The van der Waals surface area contributed by atoms with E-state index in [0.717, 1.165) is 26.9 Å². The number of ether oxygens (including phenoxy) is 1. The summed E-state index contributed by atoms with van der Waals surface area (Å²) in [6.45, 7) is 4.28. The van der Waals surface area contributed by atoms with Gasteiger partial charge >= 0.3 is 0 Å². The number of aryl methyl sites for hydroxylation is 1. The molecule has 7 aromatic rings. The summed E-state index contributed by atoms with van der Waals surface area (Å²) >= 11 is 1.77. The normalized spacial score (nSPS) is 12.9. The van der Waals surface area contributed by atoms with Crippen molar-refractivity contribution in [2.75, 3.05) is 0 Å². The van der Waals surface area contributed by atoms with Gasteiger partial charge in [-0.2, -0.15) is 0 Å². The summed E-state index contributed by atoms with van der Waals surface area (Å²) in [5.41, 5.74) is 7.40. The van der Waals surface area contributed by atoms with Crippen LogP contribution in [-0.2, 0) is 0 Å². The van der Waals surface area contributed by atoms with Crippen LogP contribution in [0.3, 0.4) is 0 Å². The molecule has 1 nitrogen and oxygen atoms in total. The Bertz CT molecular complexity index is 2270. The standard InChI is InChI=1S/C37H24OS.C5H6/c1-23-21-24(17-19-26(23)32-13-8-16-36-37(32)38-34-14-6-7-15-35(34)39-36)25-18-20-31-29-11-3-2-9-27(29)28-10-4-5-12-30(28)33(31)22-25;1-5-3-2-4-5/h2-22H,1H3;2-4H,1H3. The van der Waals surface area contributed by atoms with Crippen LogP contribution in [-0.4, -0.2) is 0 Å². The monoisotopic (exact) mass is 582 g/mol. The van der Waals surface area contributed by atoms with E-state index >= 15 is 0 Å². The fraction of sp³-hybridized carbons (Fsp3) is 0.0476. The fourth-order valence-electron chi connectivity index (χ4n) is 6.28. The number of allylic oxidation sites excluding steroid dienone is 4. The lowest BCUT2D eigenvalue weighted by atomic mass is 9.91. The van der Waals surface area contributed by atoms with Gasteiger partial charge < -0.3 is 4.74 Å². The van der Waals surface area contributed by atoms with Crippen LogP contribution in [0.15, 0.2) is 161 Å². The lowest BCUT2D eigenvalue weighted by Crippen LogP contribution is -1.97. The molecule has 0 radical (unpaired) electrons. The number of benzene rings is 7. The van der Waals surface area contributed by atoms with Gasteiger partial charge in [0.15, 0.2) is 0 Å². The van der Waals surface area contributed by atoms with Crippen LogP contribution in [0.25, 0.3) is 54.6 Å². The van der Waals surface area contributed by atoms with E-state index < -0.39 is 0 Å². The molecule has 0 spiro atoms. The van der Waals surface area contributed by atoms with E-state index in [9.17, 15) is 0 Å². The van der Waals surface area contributed by atoms with Crippen LogP contribution >= 0.6 is 11.8 Å². The quantitative estimate of drug-likeness (QED) is 0.188. The Balaban J connectivity index is 0.000000529. The zero-order chi connectivity index (χ0) is 29.6. The fourth-order valence-corrected chi connectivity index (χ4v) is 7.27. The SMILES string of the molecule is CC1=CC=C1.Cc1cc(-c2ccc3c4ccccc4c4ccccc4c3c2)ccc1-c1cccc2c1Oc1ccccc1S2. The van der Waals surface area contributed by atoms with Gasteiger partial charge in [0.05, 0.1) is 9.79 Å². The Labute approximate surface area is 262 Å². The van der Waals surface area contributed by atoms with Gasteiger partial charge in [-0.1, -0.05) is 139 Å². The molecule has 210 valence electrons. The predicted molar refractivity (Wildman–Crippen MR) is 188 cm³/mol. The molecule has 0 bridgehead atoms. The van der Waals surface area contributed by atoms with E-state index in [0.29, 0.717) is 0 Å². The van der Waals surface area contributed by atoms with E-state index in [1.165, 1.54) is 60.1 Å². The summed E-state index contributed by atoms with van der Waals surface area (Å²) in [7, 11) is 0. The van der Waals surface area contributed by atoms with E-state index in [1.807, 2.05) is 18.2 Å². The molecule has 0 saturated heterocycles. The largest absolute Gasteiger partial charge is 0.454 e. The number of hydrogen-bond donors (Lipinski definition) is 0. The average Bonchev–Trinajstić information content (AvgIpc) is 3.06. The van der Waals surface area contributed by atoms with Gasteiger partial charge in [0.25, 0.3) is 0 Å². The van der Waals surface area contributed by atoms with Gasteiger partial charge in [-0.15, -0.1) is 0 Å². The molecule has 44 heavy (non-hydrogen) atoms. The molecule has 1 heterocycles. The number of hydrogen-bond acceptors (Lipinski definition) is 2. The van der Waals surface area contributed by atoms with Crippen molar-refractivity contribution in [3.05, 3.63) is 157 Å². The van der Waals surface area contributed by atoms with Crippen molar-refractivity contribution in [2.24, 2.45) is 0 Å². The second kappa shape index (κ2) is 10.9. The molecule has 0 aromatic heterocycles. The topological polar surface area (TPSA) is 9.23 Å². The second-order valence-corrected chi connectivity index (χ2v) is 12.5. The van der Waals surface area contributed by atoms with Gasteiger partial charge in [0.1, 0.15) is 11.5 Å². The molecule has 0 atom stereocenters. The van der Waals surface area contributed by atoms with Crippen LogP contribution in [0.5, 0.6) is 11.5 Å². The summed E-state index contributed by atoms with van der Waals surface area (Å²) < 4.78 is 6.44.